The average molecular weight is 457 g/mol. The van der Waals surface area contributed by atoms with Crippen molar-refractivity contribution in [2.24, 2.45) is 5.92 Å². The summed E-state index contributed by atoms with van der Waals surface area (Å²) in [5, 5.41) is 7.47. The number of fused-ring (bicyclic) bond motifs is 1. The van der Waals surface area contributed by atoms with Crippen LogP contribution in [0.5, 0.6) is 0 Å². The number of likely N-dealkylation sites (tertiary alicyclic amines) is 1. The standard InChI is InChI=1S/C28H32N4O2/c1-19-14-20(2)16-23(15-19)27(33)32-13-10-25-24(18-32)26(30-29-25)28(34)31-11-8-22(9-12-31)17-21-6-4-3-5-7-21/h3-7,14-16,22H,8-13,17-18H2,1-2H3,(H,29,30). The first-order chi connectivity index (χ1) is 16.5. The Hall–Kier alpha value is -3.41. The predicted octanol–water partition coefficient (Wildman–Crippen LogP) is 4.32. The molecule has 0 unspecified atom stereocenters. The number of rotatable bonds is 4. The molecule has 0 aliphatic carbocycles. The first-order valence-corrected chi connectivity index (χ1v) is 12.2. The quantitative estimate of drug-likeness (QED) is 0.636. The number of aromatic nitrogens is 2. The monoisotopic (exact) mass is 456 g/mol. The third-order valence-electron chi connectivity index (χ3n) is 7.16. The van der Waals surface area contributed by atoms with Crippen LogP contribution in [0.1, 0.15) is 61.6 Å². The van der Waals surface area contributed by atoms with Crippen molar-refractivity contribution in [1.29, 1.82) is 0 Å². The minimum absolute atomic E-state index is 0.0128. The summed E-state index contributed by atoms with van der Waals surface area (Å²) in [7, 11) is 0. The van der Waals surface area contributed by atoms with E-state index in [4.69, 9.17) is 0 Å². The molecule has 3 aromatic rings. The largest absolute Gasteiger partial charge is 0.337 e. The lowest BCUT2D eigenvalue weighted by atomic mass is 9.90. The van der Waals surface area contributed by atoms with E-state index in [0.717, 1.165) is 54.7 Å². The SMILES string of the molecule is Cc1cc(C)cc(C(=O)N2CCc3[nH]nc(C(=O)N4CCC(Cc5ccccc5)CC4)c3C2)c1. The number of nitrogens with zero attached hydrogens (tertiary/aromatic N) is 3. The third kappa shape index (κ3) is 4.63. The van der Waals surface area contributed by atoms with E-state index in [1.165, 1.54) is 5.56 Å². The van der Waals surface area contributed by atoms with E-state index >= 15 is 0 Å². The molecule has 2 aromatic carbocycles. The van der Waals surface area contributed by atoms with E-state index < -0.39 is 0 Å². The van der Waals surface area contributed by atoms with E-state index in [1.54, 1.807) is 0 Å². The van der Waals surface area contributed by atoms with Crippen LogP contribution in [0.2, 0.25) is 0 Å². The maximum atomic E-state index is 13.4. The van der Waals surface area contributed by atoms with Gasteiger partial charge in [0.2, 0.25) is 0 Å². The number of carbonyl (C=O) groups is 2. The zero-order valence-corrected chi connectivity index (χ0v) is 20.0. The second-order valence-corrected chi connectivity index (χ2v) is 9.81. The molecule has 3 heterocycles. The molecular formula is C28H32N4O2. The molecule has 1 saturated heterocycles. The molecular weight excluding hydrogens is 424 g/mol. The van der Waals surface area contributed by atoms with Gasteiger partial charge in [0.05, 0.1) is 6.54 Å². The molecule has 1 aromatic heterocycles. The fraction of sp³-hybridized carbons (Fsp3) is 0.393. The van der Waals surface area contributed by atoms with Crippen molar-refractivity contribution in [2.75, 3.05) is 19.6 Å². The number of nitrogens with one attached hydrogen (secondary N) is 1. The number of amides is 2. The second-order valence-electron chi connectivity index (χ2n) is 9.81. The molecule has 0 spiro atoms. The number of aryl methyl sites for hydroxylation is 2. The zero-order chi connectivity index (χ0) is 23.7. The summed E-state index contributed by atoms with van der Waals surface area (Å²) in [5.74, 6) is 0.598. The first kappa shape index (κ1) is 22.4. The van der Waals surface area contributed by atoms with Crippen LogP contribution in [-0.4, -0.2) is 51.4 Å². The molecule has 176 valence electrons. The number of benzene rings is 2. The van der Waals surface area contributed by atoms with Crippen molar-refractivity contribution in [3.63, 3.8) is 0 Å². The van der Waals surface area contributed by atoms with Crippen molar-refractivity contribution >= 4 is 11.8 Å². The molecule has 2 aliphatic heterocycles. The molecule has 1 fully saturated rings. The lowest BCUT2D eigenvalue weighted by molar-refractivity contribution is 0.0671. The number of H-pyrrole nitrogens is 1. The topological polar surface area (TPSA) is 69.3 Å². The van der Waals surface area contributed by atoms with Gasteiger partial charge in [-0.3, -0.25) is 14.7 Å². The fourth-order valence-corrected chi connectivity index (χ4v) is 5.36. The van der Waals surface area contributed by atoms with E-state index in [9.17, 15) is 9.59 Å². The number of piperidine rings is 1. The molecule has 0 radical (unpaired) electrons. The van der Waals surface area contributed by atoms with Gasteiger partial charge in [-0.1, -0.05) is 47.5 Å². The highest BCUT2D eigenvalue weighted by molar-refractivity contribution is 5.96. The van der Waals surface area contributed by atoms with Gasteiger partial charge in [0.25, 0.3) is 11.8 Å². The molecule has 5 rings (SSSR count). The highest BCUT2D eigenvalue weighted by Crippen LogP contribution is 2.26. The Morgan fingerprint density at radius 1 is 0.941 bits per heavy atom. The molecule has 2 amide bonds. The Labute approximate surface area is 201 Å². The van der Waals surface area contributed by atoms with E-state index in [-0.39, 0.29) is 11.8 Å². The van der Waals surface area contributed by atoms with Crippen LogP contribution in [0.15, 0.2) is 48.5 Å². The molecule has 1 N–H and O–H groups in total. The van der Waals surface area contributed by atoms with Gasteiger partial charge in [0.15, 0.2) is 5.69 Å². The molecule has 0 atom stereocenters. The minimum Gasteiger partial charge on any atom is -0.337 e. The highest BCUT2D eigenvalue weighted by Gasteiger charge is 2.32. The van der Waals surface area contributed by atoms with Gasteiger partial charge in [-0.15, -0.1) is 0 Å². The zero-order valence-electron chi connectivity index (χ0n) is 20.0. The van der Waals surface area contributed by atoms with Crippen LogP contribution in [0, 0.1) is 19.8 Å². The number of aromatic amines is 1. The summed E-state index contributed by atoms with van der Waals surface area (Å²) in [5.41, 5.74) is 6.56. The summed E-state index contributed by atoms with van der Waals surface area (Å²) < 4.78 is 0. The average Bonchev–Trinajstić information content (AvgIpc) is 3.27. The molecule has 0 bridgehead atoms. The number of carbonyl (C=O) groups excluding carboxylic acids is 2. The van der Waals surface area contributed by atoms with E-state index in [0.29, 0.717) is 36.7 Å². The van der Waals surface area contributed by atoms with Crippen LogP contribution >= 0.6 is 0 Å². The third-order valence-corrected chi connectivity index (χ3v) is 7.16. The summed E-state index contributed by atoms with van der Waals surface area (Å²) in [6.07, 6.45) is 3.76. The van der Waals surface area contributed by atoms with Crippen molar-refractivity contribution in [3.05, 3.63) is 87.7 Å². The summed E-state index contributed by atoms with van der Waals surface area (Å²) in [6.45, 7) is 6.57. The molecule has 6 heteroatoms. The van der Waals surface area contributed by atoms with Gasteiger partial charge in [0.1, 0.15) is 0 Å². The van der Waals surface area contributed by atoms with Crippen molar-refractivity contribution < 1.29 is 9.59 Å². The Balaban J connectivity index is 1.25. The van der Waals surface area contributed by atoms with Crippen LogP contribution in [0.4, 0.5) is 0 Å². The van der Waals surface area contributed by atoms with Gasteiger partial charge >= 0.3 is 0 Å². The van der Waals surface area contributed by atoms with Crippen molar-refractivity contribution in [2.45, 2.75) is 46.1 Å². The lowest BCUT2D eigenvalue weighted by Gasteiger charge is -2.32. The summed E-state index contributed by atoms with van der Waals surface area (Å²) >= 11 is 0. The van der Waals surface area contributed by atoms with E-state index in [2.05, 4.69) is 40.5 Å². The predicted molar refractivity (Wildman–Crippen MR) is 132 cm³/mol. The summed E-state index contributed by atoms with van der Waals surface area (Å²) in [6, 6.07) is 16.5. The van der Waals surface area contributed by atoms with Crippen LogP contribution < -0.4 is 0 Å². The Bertz CT molecular complexity index is 1170. The van der Waals surface area contributed by atoms with Crippen LogP contribution in [-0.2, 0) is 19.4 Å². The number of hydrogen-bond acceptors (Lipinski definition) is 3. The maximum Gasteiger partial charge on any atom is 0.274 e. The highest BCUT2D eigenvalue weighted by atomic mass is 16.2. The Morgan fingerprint density at radius 2 is 1.65 bits per heavy atom. The van der Waals surface area contributed by atoms with Gasteiger partial charge < -0.3 is 9.80 Å². The van der Waals surface area contributed by atoms with Gasteiger partial charge in [-0.2, -0.15) is 5.10 Å². The lowest BCUT2D eigenvalue weighted by Crippen LogP contribution is -2.40. The summed E-state index contributed by atoms with van der Waals surface area (Å²) in [4.78, 5) is 30.4. The van der Waals surface area contributed by atoms with Crippen molar-refractivity contribution in [1.82, 2.24) is 20.0 Å². The molecule has 6 nitrogen and oxygen atoms in total. The van der Waals surface area contributed by atoms with Crippen molar-refractivity contribution in [3.8, 4) is 0 Å². The maximum absolute atomic E-state index is 13.4. The first-order valence-electron chi connectivity index (χ1n) is 12.2. The second kappa shape index (κ2) is 9.45. The van der Waals surface area contributed by atoms with Gasteiger partial charge in [0, 0.05) is 42.9 Å². The minimum atomic E-state index is -0.0173. The molecule has 0 saturated carbocycles. The normalized spacial score (nSPS) is 16.4. The van der Waals surface area contributed by atoms with Crippen LogP contribution in [0.3, 0.4) is 0 Å². The van der Waals surface area contributed by atoms with Gasteiger partial charge in [-0.05, 0) is 56.7 Å². The van der Waals surface area contributed by atoms with Gasteiger partial charge in [-0.25, -0.2) is 0 Å². The fourth-order valence-electron chi connectivity index (χ4n) is 5.36. The van der Waals surface area contributed by atoms with E-state index in [1.807, 2.05) is 41.8 Å². The molecule has 34 heavy (non-hydrogen) atoms. The molecule has 2 aliphatic rings. The Kier molecular flexibility index (Phi) is 6.22. The van der Waals surface area contributed by atoms with Crippen LogP contribution in [0.25, 0.3) is 0 Å². The number of hydrogen-bond donors (Lipinski definition) is 1. The Morgan fingerprint density at radius 3 is 2.35 bits per heavy atom. The smallest absolute Gasteiger partial charge is 0.274 e.